The molecule has 10 heteroatoms. The molecule has 0 unspecified atom stereocenters. The Morgan fingerprint density at radius 2 is 1.15 bits per heavy atom. The number of methoxy groups -OCH3 is 4. The zero-order chi connectivity index (χ0) is 24.1. The van der Waals surface area contributed by atoms with Gasteiger partial charge in [0.15, 0.2) is 23.0 Å². The van der Waals surface area contributed by atoms with Gasteiger partial charge < -0.3 is 18.9 Å². The smallest absolute Gasteiger partial charge is 0.240 e. The van der Waals surface area contributed by atoms with Gasteiger partial charge in [0.2, 0.25) is 11.8 Å². The maximum absolute atomic E-state index is 12.0. The first-order valence-corrected chi connectivity index (χ1v) is 10.1. The zero-order valence-corrected chi connectivity index (χ0v) is 19.1. The SMILES string of the molecule is COc1cccc(/C=N\NC(=O)CCCC(=O)N/N=C\c2cccc(OC)c2OC)c1OC. The number of nitrogens with zero attached hydrogens (tertiary/aromatic N) is 2. The van der Waals surface area contributed by atoms with Gasteiger partial charge in [-0.05, 0) is 30.7 Å². The molecule has 176 valence electrons. The van der Waals surface area contributed by atoms with E-state index in [1.807, 2.05) is 0 Å². The number of carbonyl (C=O) groups is 2. The Hall–Kier alpha value is -4.08. The highest BCUT2D eigenvalue weighted by Crippen LogP contribution is 2.30. The number of amides is 2. The van der Waals surface area contributed by atoms with Crippen LogP contribution in [-0.4, -0.2) is 52.7 Å². The van der Waals surface area contributed by atoms with E-state index in [2.05, 4.69) is 21.1 Å². The molecule has 0 saturated carbocycles. The van der Waals surface area contributed by atoms with E-state index in [-0.39, 0.29) is 24.7 Å². The monoisotopic (exact) mass is 456 g/mol. The van der Waals surface area contributed by atoms with Crippen LogP contribution in [0.4, 0.5) is 0 Å². The van der Waals surface area contributed by atoms with Crippen molar-refractivity contribution in [1.82, 2.24) is 10.9 Å². The molecule has 0 aliphatic carbocycles. The van der Waals surface area contributed by atoms with Crippen LogP contribution in [0.5, 0.6) is 23.0 Å². The highest BCUT2D eigenvalue weighted by Gasteiger charge is 2.09. The summed E-state index contributed by atoms with van der Waals surface area (Å²) in [5, 5.41) is 7.86. The Morgan fingerprint density at radius 3 is 1.52 bits per heavy atom. The van der Waals surface area contributed by atoms with Crippen molar-refractivity contribution in [3.8, 4) is 23.0 Å². The minimum atomic E-state index is -0.314. The van der Waals surface area contributed by atoms with Crippen LogP contribution in [0.25, 0.3) is 0 Å². The van der Waals surface area contributed by atoms with Gasteiger partial charge in [0.05, 0.1) is 40.9 Å². The van der Waals surface area contributed by atoms with Crippen LogP contribution in [0.3, 0.4) is 0 Å². The van der Waals surface area contributed by atoms with E-state index in [1.54, 1.807) is 36.4 Å². The Labute approximate surface area is 192 Å². The highest BCUT2D eigenvalue weighted by atomic mass is 16.5. The van der Waals surface area contributed by atoms with Crippen LogP contribution < -0.4 is 29.8 Å². The first-order chi connectivity index (χ1) is 16.0. The van der Waals surface area contributed by atoms with E-state index in [1.165, 1.54) is 40.9 Å². The minimum Gasteiger partial charge on any atom is -0.493 e. The summed E-state index contributed by atoms with van der Waals surface area (Å²) < 4.78 is 21.0. The molecule has 0 aliphatic heterocycles. The maximum atomic E-state index is 12.0. The van der Waals surface area contributed by atoms with E-state index >= 15 is 0 Å². The van der Waals surface area contributed by atoms with E-state index in [9.17, 15) is 9.59 Å². The number of nitrogens with one attached hydrogen (secondary N) is 2. The van der Waals surface area contributed by atoms with Gasteiger partial charge in [0.1, 0.15) is 0 Å². The third-order valence-electron chi connectivity index (χ3n) is 4.46. The minimum absolute atomic E-state index is 0.132. The largest absolute Gasteiger partial charge is 0.493 e. The molecule has 33 heavy (non-hydrogen) atoms. The molecule has 10 nitrogen and oxygen atoms in total. The summed E-state index contributed by atoms with van der Waals surface area (Å²) in [7, 11) is 6.13. The summed E-state index contributed by atoms with van der Waals surface area (Å²) in [6.07, 6.45) is 3.54. The molecule has 2 N–H and O–H groups in total. The van der Waals surface area contributed by atoms with Crippen molar-refractivity contribution < 1.29 is 28.5 Å². The quantitative estimate of drug-likeness (QED) is 0.374. The fourth-order valence-corrected chi connectivity index (χ4v) is 2.90. The van der Waals surface area contributed by atoms with E-state index in [0.717, 1.165) is 0 Å². The predicted octanol–water partition coefficient (Wildman–Crippen LogP) is 2.49. The van der Waals surface area contributed by atoms with Crippen LogP contribution in [0.2, 0.25) is 0 Å². The second-order valence-electron chi connectivity index (χ2n) is 6.61. The Balaban J connectivity index is 1.76. The number of benzene rings is 2. The van der Waals surface area contributed by atoms with Crippen LogP contribution in [0.1, 0.15) is 30.4 Å². The van der Waals surface area contributed by atoms with Crippen molar-refractivity contribution in [3.05, 3.63) is 47.5 Å². The van der Waals surface area contributed by atoms with Crippen LogP contribution in [0, 0.1) is 0 Å². The number of carbonyl (C=O) groups excluding carboxylic acids is 2. The molecule has 0 heterocycles. The molecular formula is C23H28N4O6. The summed E-state index contributed by atoms with van der Waals surface area (Å²) in [5.41, 5.74) is 6.17. The van der Waals surface area contributed by atoms with Gasteiger partial charge >= 0.3 is 0 Å². The molecule has 0 spiro atoms. The van der Waals surface area contributed by atoms with Crippen molar-refractivity contribution in [3.63, 3.8) is 0 Å². The van der Waals surface area contributed by atoms with Crippen molar-refractivity contribution in [2.24, 2.45) is 10.2 Å². The fourth-order valence-electron chi connectivity index (χ4n) is 2.90. The topological polar surface area (TPSA) is 120 Å². The van der Waals surface area contributed by atoms with Gasteiger partial charge in [-0.15, -0.1) is 0 Å². The van der Waals surface area contributed by atoms with Gasteiger partial charge in [-0.1, -0.05) is 12.1 Å². The zero-order valence-electron chi connectivity index (χ0n) is 19.1. The fraction of sp³-hybridized carbons (Fsp3) is 0.304. The summed E-state index contributed by atoms with van der Waals surface area (Å²) in [4.78, 5) is 23.9. The van der Waals surface area contributed by atoms with Crippen molar-refractivity contribution in [2.75, 3.05) is 28.4 Å². The molecule has 2 rings (SSSR count). The standard InChI is InChI=1S/C23H28N4O6/c1-30-18-10-5-8-16(22(18)32-3)14-24-26-20(28)12-7-13-21(29)27-25-15-17-9-6-11-19(31-2)23(17)33-4/h5-6,8-11,14-15H,7,12-13H2,1-4H3,(H,26,28)(H,27,29)/b24-14-,25-15-. The van der Waals surface area contributed by atoms with Gasteiger partial charge in [0.25, 0.3) is 0 Å². The molecule has 0 atom stereocenters. The Kier molecular flexibility index (Phi) is 10.2. The number of ether oxygens (including phenoxy) is 4. The molecule has 0 saturated heterocycles. The number of hydrogen-bond acceptors (Lipinski definition) is 8. The van der Waals surface area contributed by atoms with Gasteiger partial charge in [-0.2, -0.15) is 10.2 Å². The third kappa shape index (κ3) is 7.53. The van der Waals surface area contributed by atoms with Gasteiger partial charge in [-0.25, -0.2) is 10.9 Å². The van der Waals surface area contributed by atoms with Crippen molar-refractivity contribution >= 4 is 24.2 Å². The van der Waals surface area contributed by atoms with Gasteiger partial charge in [-0.3, -0.25) is 9.59 Å². The summed E-state index contributed by atoms with van der Waals surface area (Å²) >= 11 is 0. The second kappa shape index (κ2) is 13.4. The molecule has 0 fully saturated rings. The molecule has 2 aromatic rings. The number of hydrazone groups is 2. The van der Waals surface area contributed by atoms with E-state index in [0.29, 0.717) is 40.5 Å². The highest BCUT2D eigenvalue weighted by molar-refractivity contribution is 5.87. The van der Waals surface area contributed by atoms with Crippen LogP contribution >= 0.6 is 0 Å². The summed E-state index contributed by atoms with van der Waals surface area (Å²) in [6, 6.07) is 10.7. The first-order valence-electron chi connectivity index (χ1n) is 10.1. The lowest BCUT2D eigenvalue weighted by Gasteiger charge is -2.09. The van der Waals surface area contributed by atoms with Crippen molar-refractivity contribution in [1.29, 1.82) is 0 Å². The first kappa shape index (κ1) is 25.2. The Bertz CT molecular complexity index is 927. The molecule has 2 aromatic carbocycles. The predicted molar refractivity (Wildman–Crippen MR) is 124 cm³/mol. The summed E-state index contributed by atoms with van der Waals surface area (Å²) in [6.45, 7) is 0. The average molecular weight is 456 g/mol. The molecular weight excluding hydrogens is 428 g/mol. The maximum Gasteiger partial charge on any atom is 0.240 e. The van der Waals surface area contributed by atoms with Crippen LogP contribution in [0.15, 0.2) is 46.6 Å². The molecule has 0 aromatic heterocycles. The normalized spacial score (nSPS) is 10.8. The lowest BCUT2D eigenvalue weighted by Crippen LogP contribution is -2.20. The van der Waals surface area contributed by atoms with Crippen molar-refractivity contribution in [2.45, 2.75) is 19.3 Å². The molecule has 2 amide bonds. The third-order valence-corrected chi connectivity index (χ3v) is 4.46. The number of hydrogen-bond donors (Lipinski definition) is 2. The number of para-hydroxylation sites is 2. The molecule has 0 aliphatic rings. The lowest BCUT2D eigenvalue weighted by molar-refractivity contribution is -0.122. The average Bonchev–Trinajstić information content (AvgIpc) is 2.83. The van der Waals surface area contributed by atoms with E-state index < -0.39 is 0 Å². The molecule has 0 bridgehead atoms. The molecule has 0 radical (unpaired) electrons. The van der Waals surface area contributed by atoms with Crippen LogP contribution in [-0.2, 0) is 9.59 Å². The Morgan fingerprint density at radius 1 is 0.727 bits per heavy atom. The second-order valence-corrected chi connectivity index (χ2v) is 6.61. The van der Waals surface area contributed by atoms with E-state index in [4.69, 9.17) is 18.9 Å². The lowest BCUT2D eigenvalue weighted by atomic mass is 10.2. The summed E-state index contributed by atoms with van der Waals surface area (Å²) in [5.74, 6) is 1.53. The number of rotatable bonds is 12. The van der Waals surface area contributed by atoms with Gasteiger partial charge in [0, 0.05) is 24.0 Å².